The van der Waals surface area contributed by atoms with Gasteiger partial charge in [0.05, 0.1) is 4.90 Å². The lowest BCUT2D eigenvalue weighted by Crippen LogP contribution is -2.41. The lowest BCUT2D eigenvalue weighted by atomic mass is 10.1. The van der Waals surface area contributed by atoms with E-state index in [0.717, 1.165) is 6.07 Å². The average Bonchev–Trinajstić information content (AvgIpc) is 3.24. The second-order valence-electron chi connectivity index (χ2n) is 6.36. The minimum absolute atomic E-state index is 0.0352. The van der Waals surface area contributed by atoms with Crippen molar-refractivity contribution >= 4 is 10.0 Å². The third-order valence-electron chi connectivity index (χ3n) is 4.49. The Hall–Kier alpha value is -2.85. The molecule has 0 aliphatic carbocycles. The van der Waals surface area contributed by atoms with Gasteiger partial charge in [-0.15, -0.1) is 10.2 Å². The first-order valence-corrected chi connectivity index (χ1v) is 10.2. The summed E-state index contributed by atoms with van der Waals surface area (Å²) in [7, 11) is -3.71. The smallest absolute Gasteiger partial charge is 0.243 e. The molecule has 0 amide bonds. The Kier molecular flexibility index (Phi) is 5.05. The van der Waals surface area contributed by atoms with Gasteiger partial charge < -0.3 is 4.74 Å². The quantitative estimate of drug-likeness (QED) is 0.648. The fourth-order valence-electron chi connectivity index (χ4n) is 3.04. The number of nitrogens with zero attached hydrogens (tertiary/aromatic N) is 5. The summed E-state index contributed by atoms with van der Waals surface area (Å²) in [6.45, 7) is 0.588. The Morgan fingerprint density at radius 3 is 2.54 bits per heavy atom. The molecule has 8 nitrogen and oxygen atoms in total. The standard InChI is InChI=1S/C18H18FN5O3S/c19-14-3-1-4-16(13-14)28(25,26)23-11-7-15(8-12-23)27-18-6-5-17(21-22-18)24-10-2-9-20-24/h1-6,9-10,13,15H,7-8,11-12H2. The average molecular weight is 403 g/mol. The molecule has 3 heterocycles. The third kappa shape index (κ3) is 3.87. The van der Waals surface area contributed by atoms with Crippen LogP contribution in [0.3, 0.4) is 0 Å². The van der Waals surface area contributed by atoms with Crippen LogP contribution in [0.25, 0.3) is 5.82 Å². The number of hydrogen-bond acceptors (Lipinski definition) is 6. The summed E-state index contributed by atoms with van der Waals surface area (Å²) < 4.78 is 47.4. The Morgan fingerprint density at radius 2 is 1.89 bits per heavy atom. The summed E-state index contributed by atoms with van der Waals surface area (Å²) in [6, 6.07) is 10.3. The molecule has 146 valence electrons. The molecule has 0 unspecified atom stereocenters. The fraction of sp³-hybridized carbons (Fsp3) is 0.278. The van der Waals surface area contributed by atoms with E-state index in [4.69, 9.17) is 4.74 Å². The fourth-order valence-corrected chi connectivity index (χ4v) is 4.54. The highest BCUT2D eigenvalue weighted by Gasteiger charge is 2.30. The van der Waals surface area contributed by atoms with Crippen LogP contribution in [0.1, 0.15) is 12.8 Å². The van der Waals surface area contributed by atoms with Crippen molar-refractivity contribution in [1.29, 1.82) is 0 Å². The molecule has 4 rings (SSSR count). The van der Waals surface area contributed by atoms with Crippen LogP contribution < -0.4 is 4.74 Å². The van der Waals surface area contributed by atoms with Crippen LogP contribution >= 0.6 is 0 Å². The molecule has 2 aromatic heterocycles. The van der Waals surface area contributed by atoms with E-state index in [1.807, 2.05) is 0 Å². The van der Waals surface area contributed by atoms with Crippen molar-refractivity contribution in [2.75, 3.05) is 13.1 Å². The van der Waals surface area contributed by atoms with Gasteiger partial charge in [-0.2, -0.15) is 9.40 Å². The van der Waals surface area contributed by atoms with E-state index in [0.29, 0.717) is 37.6 Å². The molecule has 0 N–H and O–H groups in total. The van der Waals surface area contributed by atoms with Gasteiger partial charge in [-0.25, -0.2) is 17.5 Å². The van der Waals surface area contributed by atoms with Gasteiger partial charge in [-0.05, 0) is 43.2 Å². The molecule has 1 fully saturated rings. The molecule has 1 saturated heterocycles. The number of hydrogen-bond donors (Lipinski definition) is 0. The first-order chi connectivity index (χ1) is 13.5. The highest BCUT2D eigenvalue weighted by atomic mass is 32.2. The molecule has 0 radical (unpaired) electrons. The second kappa shape index (κ2) is 7.64. The lowest BCUT2D eigenvalue weighted by molar-refractivity contribution is 0.128. The van der Waals surface area contributed by atoms with Crippen molar-refractivity contribution in [3.05, 3.63) is 60.7 Å². The molecule has 0 bridgehead atoms. The van der Waals surface area contributed by atoms with Crippen molar-refractivity contribution < 1.29 is 17.5 Å². The number of piperidine rings is 1. The number of rotatable bonds is 5. The van der Waals surface area contributed by atoms with Gasteiger partial charge in [0.25, 0.3) is 0 Å². The Bertz CT molecular complexity index is 1030. The molecule has 28 heavy (non-hydrogen) atoms. The van der Waals surface area contributed by atoms with Crippen LogP contribution in [0.4, 0.5) is 4.39 Å². The third-order valence-corrected chi connectivity index (χ3v) is 6.38. The molecule has 1 aromatic carbocycles. The van der Waals surface area contributed by atoms with Crippen LogP contribution in [-0.4, -0.2) is 51.9 Å². The predicted molar refractivity (Wildman–Crippen MR) is 98.0 cm³/mol. The van der Waals surface area contributed by atoms with Gasteiger partial charge in [0.15, 0.2) is 5.82 Å². The van der Waals surface area contributed by atoms with Gasteiger partial charge in [-0.3, -0.25) is 0 Å². The molecular formula is C18H18FN5O3S. The Balaban J connectivity index is 1.36. The highest BCUT2D eigenvalue weighted by Crippen LogP contribution is 2.23. The van der Waals surface area contributed by atoms with Gasteiger partial charge in [0.1, 0.15) is 11.9 Å². The van der Waals surface area contributed by atoms with Crippen molar-refractivity contribution in [3.8, 4) is 11.7 Å². The van der Waals surface area contributed by atoms with E-state index in [1.165, 1.54) is 22.5 Å². The molecule has 0 spiro atoms. The molecular weight excluding hydrogens is 385 g/mol. The number of halogens is 1. The van der Waals surface area contributed by atoms with Gasteiger partial charge in [0.2, 0.25) is 15.9 Å². The van der Waals surface area contributed by atoms with Crippen LogP contribution in [-0.2, 0) is 10.0 Å². The normalized spacial score (nSPS) is 16.2. The maximum Gasteiger partial charge on any atom is 0.243 e. The molecule has 3 aromatic rings. The summed E-state index contributed by atoms with van der Waals surface area (Å²) in [6.07, 6.45) is 4.27. The topological polar surface area (TPSA) is 90.2 Å². The largest absolute Gasteiger partial charge is 0.473 e. The summed E-state index contributed by atoms with van der Waals surface area (Å²) in [5.41, 5.74) is 0. The van der Waals surface area contributed by atoms with Gasteiger partial charge in [-0.1, -0.05) is 6.07 Å². The molecule has 1 aliphatic rings. The zero-order chi connectivity index (χ0) is 19.6. The van der Waals surface area contributed by atoms with E-state index in [9.17, 15) is 12.8 Å². The van der Waals surface area contributed by atoms with E-state index in [2.05, 4.69) is 15.3 Å². The number of aromatic nitrogens is 4. The number of sulfonamides is 1. The van der Waals surface area contributed by atoms with Gasteiger partial charge in [0, 0.05) is 31.5 Å². The summed E-state index contributed by atoms with van der Waals surface area (Å²) in [4.78, 5) is -0.0352. The van der Waals surface area contributed by atoms with E-state index >= 15 is 0 Å². The summed E-state index contributed by atoms with van der Waals surface area (Å²) in [5, 5.41) is 12.2. The Morgan fingerprint density at radius 1 is 1.07 bits per heavy atom. The van der Waals surface area contributed by atoms with E-state index in [-0.39, 0.29) is 11.0 Å². The minimum Gasteiger partial charge on any atom is -0.473 e. The van der Waals surface area contributed by atoms with Crippen molar-refractivity contribution in [1.82, 2.24) is 24.3 Å². The van der Waals surface area contributed by atoms with Crippen LogP contribution in [0.15, 0.2) is 59.8 Å². The molecule has 0 saturated carbocycles. The van der Waals surface area contributed by atoms with E-state index in [1.54, 1.807) is 35.3 Å². The zero-order valence-electron chi connectivity index (χ0n) is 14.8. The predicted octanol–water partition coefficient (Wildman–Crippen LogP) is 2.03. The zero-order valence-corrected chi connectivity index (χ0v) is 15.7. The van der Waals surface area contributed by atoms with Crippen LogP contribution in [0.5, 0.6) is 5.88 Å². The second-order valence-corrected chi connectivity index (χ2v) is 8.30. The van der Waals surface area contributed by atoms with E-state index < -0.39 is 15.8 Å². The van der Waals surface area contributed by atoms with Crippen LogP contribution in [0, 0.1) is 5.82 Å². The van der Waals surface area contributed by atoms with Crippen molar-refractivity contribution in [2.45, 2.75) is 23.8 Å². The maximum absolute atomic E-state index is 13.4. The first kappa shape index (κ1) is 18.5. The summed E-state index contributed by atoms with van der Waals surface area (Å²) in [5.74, 6) is 0.382. The summed E-state index contributed by atoms with van der Waals surface area (Å²) >= 11 is 0. The highest BCUT2D eigenvalue weighted by molar-refractivity contribution is 7.89. The SMILES string of the molecule is O=S(=O)(c1cccc(F)c1)N1CCC(Oc2ccc(-n3cccn3)nn2)CC1. The van der Waals surface area contributed by atoms with Crippen molar-refractivity contribution in [3.63, 3.8) is 0 Å². The maximum atomic E-state index is 13.4. The molecule has 10 heteroatoms. The Labute approximate surface area is 161 Å². The van der Waals surface area contributed by atoms with Crippen molar-refractivity contribution in [2.24, 2.45) is 0 Å². The first-order valence-electron chi connectivity index (χ1n) is 8.78. The number of ether oxygens (including phenoxy) is 1. The lowest BCUT2D eigenvalue weighted by Gasteiger charge is -2.31. The monoisotopic (exact) mass is 403 g/mol. The minimum atomic E-state index is -3.71. The van der Waals surface area contributed by atoms with Gasteiger partial charge >= 0.3 is 0 Å². The van der Waals surface area contributed by atoms with Crippen LogP contribution in [0.2, 0.25) is 0 Å². The number of benzene rings is 1. The molecule has 0 atom stereocenters. The molecule has 1 aliphatic heterocycles.